The molecule has 6 heteroatoms. The standard InChI is InChI=1S/C14H17ClN4S/c1-2-19-10-12(15)13(18-19)9-17-14(20)16-8-11-6-4-3-5-7-11/h3-7,10H,2,8-9H2,1H3,(H2,16,17,20). The van der Waals surface area contributed by atoms with Crippen LogP contribution in [0.4, 0.5) is 0 Å². The van der Waals surface area contributed by atoms with Crippen LogP contribution in [-0.2, 0) is 19.6 Å². The maximum Gasteiger partial charge on any atom is 0.166 e. The predicted molar refractivity (Wildman–Crippen MR) is 85.6 cm³/mol. The molecule has 0 saturated carbocycles. The molecule has 0 saturated heterocycles. The molecular formula is C14H17ClN4S. The van der Waals surface area contributed by atoms with Crippen molar-refractivity contribution < 1.29 is 0 Å². The topological polar surface area (TPSA) is 41.9 Å². The Morgan fingerprint density at radius 3 is 2.60 bits per heavy atom. The van der Waals surface area contributed by atoms with Crippen molar-refractivity contribution >= 4 is 28.9 Å². The highest BCUT2D eigenvalue weighted by Gasteiger charge is 2.06. The number of nitrogens with zero attached hydrogens (tertiary/aromatic N) is 2. The number of halogens is 1. The van der Waals surface area contributed by atoms with Crippen LogP contribution < -0.4 is 10.6 Å². The molecule has 1 heterocycles. The van der Waals surface area contributed by atoms with Gasteiger partial charge in [0.2, 0.25) is 0 Å². The summed E-state index contributed by atoms with van der Waals surface area (Å²) in [6.07, 6.45) is 1.82. The monoisotopic (exact) mass is 308 g/mol. The highest BCUT2D eigenvalue weighted by molar-refractivity contribution is 7.80. The predicted octanol–water partition coefficient (Wildman–Crippen LogP) is 2.72. The molecule has 2 rings (SSSR count). The van der Waals surface area contributed by atoms with Crippen molar-refractivity contribution in [1.82, 2.24) is 20.4 Å². The molecule has 0 fully saturated rings. The van der Waals surface area contributed by atoms with Crippen LogP contribution in [0, 0.1) is 0 Å². The van der Waals surface area contributed by atoms with Crippen LogP contribution in [0.2, 0.25) is 5.02 Å². The summed E-state index contributed by atoms with van der Waals surface area (Å²) in [5.74, 6) is 0. The Bertz CT molecular complexity index is 568. The molecule has 0 aliphatic rings. The van der Waals surface area contributed by atoms with Crippen LogP contribution in [0.25, 0.3) is 0 Å². The van der Waals surface area contributed by atoms with Crippen LogP contribution in [0.1, 0.15) is 18.2 Å². The number of hydrogen-bond acceptors (Lipinski definition) is 2. The van der Waals surface area contributed by atoms with Crippen molar-refractivity contribution in [2.24, 2.45) is 0 Å². The molecule has 0 radical (unpaired) electrons. The van der Waals surface area contributed by atoms with E-state index in [1.165, 1.54) is 5.56 Å². The minimum absolute atomic E-state index is 0.520. The molecule has 4 nitrogen and oxygen atoms in total. The molecule has 0 atom stereocenters. The Morgan fingerprint density at radius 1 is 1.25 bits per heavy atom. The van der Waals surface area contributed by atoms with Crippen LogP contribution in [0.15, 0.2) is 36.5 Å². The summed E-state index contributed by atoms with van der Waals surface area (Å²) < 4.78 is 1.81. The second-order valence-corrected chi connectivity index (χ2v) is 5.12. The van der Waals surface area contributed by atoms with Crippen LogP contribution in [-0.4, -0.2) is 14.9 Å². The van der Waals surface area contributed by atoms with Gasteiger partial charge in [0.15, 0.2) is 5.11 Å². The Hall–Kier alpha value is -1.59. The lowest BCUT2D eigenvalue weighted by Gasteiger charge is -2.09. The number of nitrogens with one attached hydrogen (secondary N) is 2. The Balaban J connectivity index is 1.79. The number of aryl methyl sites for hydroxylation is 1. The van der Waals surface area contributed by atoms with E-state index in [1.54, 1.807) is 4.68 Å². The lowest BCUT2D eigenvalue weighted by molar-refractivity contribution is 0.642. The van der Waals surface area contributed by atoms with E-state index in [-0.39, 0.29) is 0 Å². The maximum atomic E-state index is 6.09. The number of rotatable bonds is 5. The fourth-order valence-electron chi connectivity index (χ4n) is 1.72. The third-order valence-corrected chi connectivity index (χ3v) is 3.43. The average molecular weight is 309 g/mol. The first-order valence-electron chi connectivity index (χ1n) is 6.46. The normalized spacial score (nSPS) is 10.3. The van der Waals surface area contributed by atoms with Gasteiger partial charge in [-0.2, -0.15) is 5.10 Å². The van der Waals surface area contributed by atoms with Crippen molar-refractivity contribution in [2.75, 3.05) is 0 Å². The SMILES string of the molecule is CCn1cc(Cl)c(CNC(=S)NCc2ccccc2)n1. The first-order chi connectivity index (χ1) is 9.69. The van der Waals surface area contributed by atoms with E-state index in [9.17, 15) is 0 Å². The van der Waals surface area contributed by atoms with Gasteiger partial charge < -0.3 is 10.6 Å². The third kappa shape index (κ3) is 4.21. The Morgan fingerprint density at radius 2 is 1.95 bits per heavy atom. The van der Waals surface area contributed by atoms with E-state index >= 15 is 0 Å². The first-order valence-corrected chi connectivity index (χ1v) is 7.25. The molecule has 0 unspecified atom stereocenters. The zero-order chi connectivity index (χ0) is 14.4. The molecule has 0 aliphatic carbocycles. The molecule has 20 heavy (non-hydrogen) atoms. The van der Waals surface area contributed by atoms with Crippen molar-refractivity contribution in [3.8, 4) is 0 Å². The fourth-order valence-corrected chi connectivity index (χ4v) is 2.09. The van der Waals surface area contributed by atoms with Crippen molar-refractivity contribution in [3.63, 3.8) is 0 Å². The first kappa shape index (κ1) is 14.8. The molecule has 1 aromatic carbocycles. The smallest absolute Gasteiger partial charge is 0.166 e. The number of aromatic nitrogens is 2. The van der Waals surface area contributed by atoms with E-state index < -0.39 is 0 Å². The average Bonchev–Trinajstić information content (AvgIpc) is 2.84. The summed E-state index contributed by atoms with van der Waals surface area (Å²) in [7, 11) is 0. The lowest BCUT2D eigenvalue weighted by atomic mass is 10.2. The van der Waals surface area contributed by atoms with E-state index in [2.05, 4.69) is 27.9 Å². The zero-order valence-corrected chi connectivity index (χ0v) is 12.8. The lowest BCUT2D eigenvalue weighted by Crippen LogP contribution is -2.34. The molecule has 106 valence electrons. The van der Waals surface area contributed by atoms with Crippen LogP contribution in [0.3, 0.4) is 0 Å². The van der Waals surface area contributed by atoms with Gasteiger partial charge >= 0.3 is 0 Å². The molecule has 1 aromatic heterocycles. The molecule has 0 amide bonds. The van der Waals surface area contributed by atoms with E-state index in [0.29, 0.717) is 23.2 Å². The van der Waals surface area contributed by atoms with Gasteiger partial charge in [0.1, 0.15) is 5.69 Å². The summed E-state index contributed by atoms with van der Waals surface area (Å²) in [4.78, 5) is 0. The van der Waals surface area contributed by atoms with Gasteiger partial charge in [-0.3, -0.25) is 4.68 Å². The quantitative estimate of drug-likeness (QED) is 0.834. The number of hydrogen-bond donors (Lipinski definition) is 2. The van der Waals surface area contributed by atoms with E-state index in [0.717, 1.165) is 12.2 Å². The van der Waals surface area contributed by atoms with Gasteiger partial charge in [-0.15, -0.1) is 0 Å². The van der Waals surface area contributed by atoms with Crippen LogP contribution in [0.5, 0.6) is 0 Å². The van der Waals surface area contributed by atoms with Crippen molar-refractivity contribution in [1.29, 1.82) is 0 Å². The summed E-state index contributed by atoms with van der Waals surface area (Å²) >= 11 is 11.3. The van der Waals surface area contributed by atoms with Crippen LogP contribution >= 0.6 is 23.8 Å². The molecule has 0 aliphatic heterocycles. The van der Waals surface area contributed by atoms with Gasteiger partial charge in [0.25, 0.3) is 0 Å². The molecular weight excluding hydrogens is 292 g/mol. The van der Waals surface area contributed by atoms with Gasteiger partial charge in [-0.1, -0.05) is 41.9 Å². The van der Waals surface area contributed by atoms with E-state index in [1.807, 2.05) is 31.3 Å². The minimum atomic E-state index is 0.520. The fraction of sp³-hybridized carbons (Fsp3) is 0.286. The number of benzene rings is 1. The van der Waals surface area contributed by atoms with Gasteiger partial charge in [0, 0.05) is 19.3 Å². The van der Waals surface area contributed by atoms with Crippen molar-refractivity contribution in [2.45, 2.75) is 26.6 Å². The molecule has 2 N–H and O–H groups in total. The van der Waals surface area contributed by atoms with E-state index in [4.69, 9.17) is 23.8 Å². The second-order valence-electron chi connectivity index (χ2n) is 4.30. The number of thiocarbonyl (C=S) groups is 1. The zero-order valence-electron chi connectivity index (χ0n) is 11.3. The van der Waals surface area contributed by atoms with Crippen molar-refractivity contribution in [3.05, 3.63) is 52.8 Å². The van der Waals surface area contributed by atoms with Gasteiger partial charge in [-0.25, -0.2) is 0 Å². The van der Waals surface area contributed by atoms with Gasteiger partial charge in [0.05, 0.1) is 11.6 Å². The summed E-state index contributed by atoms with van der Waals surface area (Å²) in [6.45, 7) is 4.04. The largest absolute Gasteiger partial charge is 0.359 e. The highest BCUT2D eigenvalue weighted by atomic mass is 35.5. The molecule has 0 spiro atoms. The Labute approximate surface area is 129 Å². The summed E-state index contributed by atoms with van der Waals surface area (Å²) in [5, 5.41) is 11.9. The maximum absolute atomic E-state index is 6.09. The highest BCUT2D eigenvalue weighted by Crippen LogP contribution is 2.13. The minimum Gasteiger partial charge on any atom is -0.359 e. The summed E-state index contributed by atoms with van der Waals surface area (Å²) in [5.41, 5.74) is 1.99. The third-order valence-electron chi connectivity index (χ3n) is 2.82. The molecule has 0 bridgehead atoms. The van der Waals surface area contributed by atoms with Gasteiger partial charge in [-0.05, 0) is 24.7 Å². The second kappa shape index (κ2) is 7.26. The molecule has 2 aromatic rings. The Kier molecular flexibility index (Phi) is 5.38. The summed E-state index contributed by atoms with van der Waals surface area (Å²) in [6, 6.07) is 10.1.